The average molecular weight is 355 g/mol. The van der Waals surface area contributed by atoms with Gasteiger partial charge in [0.2, 0.25) is 5.75 Å². The highest BCUT2D eigenvalue weighted by Crippen LogP contribution is 2.43. The van der Waals surface area contributed by atoms with Crippen LogP contribution in [-0.4, -0.2) is 17.6 Å². The van der Waals surface area contributed by atoms with Crippen molar-refractivity contribution in [2.24, 2.45) is 0 Å². The van der Waals surface area contributed by atoms with Crippen molar-refractivity contribution in [1.29, 1.82) is 0 Å². The minimum absolute atomic E-state index is 0.122. The van der Waals surface area contributed by atoms with Crippen molar-refractivity contribution in [3.8, 4) is 11.5 Å². The zero-order chi connectivity index (χ0) is 18.3. The molecule has 0 saturated heterocycles. The van der Waals surface area contributed by atoms with Crippen LogP contribution in [0.4, 0.5) is 0 Å². The molecule has 6 heteroatoms. The maximum Gasteiger partial charge on any atom is 0.348 e. The molecule has 6 nitrogen and oxygen atoms in total. The maximum atomic E-state index is 12.7. The quantitative estimate of drug-likeness (QED) is 0.771. The molecule has 3 heterocycles. The average Bonchev–Trinajstić information content (AvgIpc) is 3.24. The summed E-state index contributed by atoms with van der Waals surface area (Å²) < 4.78 is 18.3. The molecule has 26 heavy (non-hydrogen) atoms. The molecule has 1 aromatic carbocycles. The van der Waals surface area contributed by atoms with Crippen molar-refractivity contribution in [1.82, 2.24) is 4.57 Å². The number of aryl methyl sites for hydroxylation is 1. The maximum absolute atomic E-state index is 12.7. The summed E-state index contributed by atoms with van der Waals surface area (Å²) in [6.07, 6.45) is 2.16. The standard InChI is InChI=1S/C20H21NO5/c1-3-20(25-12-13-6-8-15(24-2)9-7-13)16-11-14-5-4-10-21(14)18(22)17(16)26-19(20)23/h6-9,11H,3-5,10,12H2,1-2H3. The lowest BCUT2D eigenvalue weighted by Gasteiger charge is -2.25. The normalized spacial score (nSPS) is 20.6. The highest BCUT2D eigenvalue weighted by Gasteiger charge is 2.51. The van der Waals surface area contributed by atoms with Crippen LogP contribution in [0.25, 0.3) is 0 Å². The van der Waals surface area contributed by atoms with Crippen LogP contribution in [0.5, 0.6) is 11.5 Å². The summed E-state index contributed by atoms with van der Waals surface area (Å²) in [5, 5.41) is 0. The van der Waals surface area contributed by atoms with Crippen LogP contribution < -0.4 is 15.0 Å². The number of esters is 1. The highest BCUT2D eigenvalue weighted by molar-refractivity contribution is 5.89. The Kier molecular flexibility index (Phi) is 4.07. The number of hydrogen-bond donors (Lipinski definition) is 0. The molecule has 0 fully saturated rings. The number of fused-ring (bicyclic) bond motifs is 2. The fourth-order valence-electron chi connectivity index (χ4n) is 3.73. The Morgan fingerprint density at radius 1 is 1.23 bits per heavy atom. The Morgan fingerprint density at radius 3 is 2.69 bits per heavy atom. The number of carbonyl (C=O) groups is 1. The number of benzene rings is 1. The van der Waals surface area contributed by atoms with E-state index in [1.54, 1.807) is 11.7 Å². The van der Waals surface area contributed by atoms with E-state index < -0.39 is 11.6 Å². The van der Waals surface area contributed by atoms with Gasteiger partial charge in [0.25, 0.3) is 5.56 Å². The third kappa shape index (κ3) is 2.44. The second kappa shape index (κ2) is 6.29. The number of hydrogen-bond acceptors (Lipinski definition) is 5. The van der Waals surface area contributed by atoms with Gasteiger partial charge in [-0.05, 0) is 43.0 Å². The zero-order valence-electron chi connectivity index (χ0n) is 14.9. The van der Waals surface area contributed by atoms with Crippen LogP contribution in [0.3, 0.4) is 0 Å². The lowest BCUT2D eigenvalue weighted by atomic mass is 9.92. The number of nitrogens with zero attached hydrogens (tertiary/aromatic N) is 1. The minimum atomic E-state index is -1.23. The lowest BCUT2D eigenvalue weighted by Crippen LogP contribution is -2.36. The molecule has 0 spiro atoms. The first-order valence-corrected chi connectivity index (χ1v) is 8.85. The number of ether oxygens (including phenoxy) is 3. The van der Waals surface area contributed by atoms with Crippen molar-refractivity contribution in [2.45, 2.75) is 44.9 Å². The molecule has 2 aromatic rings. The predicted molar refractivity (Wildman–Crippen MR) is 94.4 cm³/mol. The second-order valence-corrected chi connectivity index (χ2v) is 6.65. The molecule has 0 aliphatic carbocycles. The van der Waals surface area contributed by atoms with Gasteiger partial charge in [-0.1, -0.05) is 19.1 Å². The van der Waals surface area contributed by atoms with E-state index in [2.05, 4.69) is 0 Å². The molecule has 1 unspecified atom stereocenters. The Bertz CT molecular complexity index is 915. The Morgan fingerprint density at radius 2 is 2.00 bits per heavy atom. The molecule has 0 amide bonds. The molecule has 1 atom stereocenters. The van der Waals surface area contributed by atoms with Crippen LogP contribution in [0, 0.1) is 0 Å². The van der Waals surface area contributed by atoms with Gasteiger partial charge in [0.1, 0.15) is 5.75 Å². The van der Waals surface area contributed by atoms with E-state index in [0.29, 0.717) is 18.5 Å². The van der Waals surface area contributed by atoms with E-state index in [-0.39, 0.29) is 17.9 Å². The smallest absolute Gasteiger partial charge is 0.348 e. The Labute approximate surface area is 151 Å². The van der Waals surface area contributed by atoms with Gasteiger partial charge >= 0.3 is 5.97 Å². The van der Waals surface area contributed by atoms with Gasteiger partial charge in [0, 0.05) is 17.8 Å². The van der Waals surface area contributed by atoms with Crippen LogP contribution in [0.2, 0.25) is 0 Å². The molecule has 0 N–H and O–H groups in total. The van der Waals surface area contributed by atoms with E-state index in [4.69, 9.17) is 14.2 Å². The summed E-state index contributed by atoms with van der Waals surface area (Å²) in [6.45, 7) is 2.78. The summed E-state index contributed by atoms with van der Waals surface area (Å²) in [7, 11) is 1.61. The third-order valence-electron chi connectivity index (χ3n) is 5.26. The molecule has 4 rings (SSSR count). The van der Waals surface area contributed by atoms with Gasteiger partial charge in [-0.25, -0.2) is 4.79 Å². The Hall–Kier alpha value is -2.60. The van der Waals surface area contributed by atoms with Crippen LogP contribution >= 0.6 is 0 Å². The van der Waals surface area contributed by atoms with Crippen LogP contribution in [-0.2, 0) is 34.7 Å². The number of methoxy groups -OCH3 is 1. The van der Waals surface area contributed by atoms with Crippen molar-refractivity contribution >= 4 is 5.97 Å². The highest BCUT2D eigenvalue weighted by atomic mass is 16.6. The molecular weight excluding hydrogens is 334 g/mol. The van der Waals surface area contributed by atoms with E-state index in [0.717, 1.165) is 29.8 Å². The first-order valence-electron chi connectivity index (χ1n) is 8.85. The summed E-state index contributed by atoms with van der Waals surface area (Å²) in [5.41, 5.74) is 0.964. The minimum Gasteiger partial charge on any atom is -0.497 e. The first kappa shape index (κ1) is 16.8. The second-order valence-electron chi connectivity index (χ2n) is 6.65. The van der Waals surface area contributed by atoms with Crippen molar-refractivity contribution < 1.29 is 19.0 Å². The summed E-state index contributed by atoms with van der Waals surface area (Å²) in [4.78, 5) is 25.3. The van der Waals surface area contributed by atoms with E-state index >= 15 is 0 Å². The van der Waals surface area contributed by atoms with Crippen molar-refractivity contribution in [3.63, 3.8) is 0 Å². The van der Waals surface area contributed by atoms with Crippen molar-refractivity contribution in [2.75, 3.05) is 7.11 Å². The largest absolute Gasteiger partial charge is 0.497 e. The third-order valence-corrected chi connectivity index (χ3v) is 5.26. The topological polar surface area (TPSA) is 66.8 Å². The SMILES string of the molecule is CCC1(OCc2ccc(OC)cc2)C(=O)Oc2c1cc1n(c2=O)CCC1. The molecule has 2 aliphatic rings. The first-order chi connectivity index (χ1) is 12.6. The molecular formula is C20H21NO5. The fourth-order valence-corrected chi connectivity index (χ4v) is 3.73. The molecule has 2 aliphatic heterocycles. The van der Waals surface area contributed by atoms with E-state index in [9.17, 15) is 9.59 Å². The fraction of sp³-hybridized carbons (Fsp3) is 0.400. The lowest BCUT2D eigenvalue weighted by molar-refractivity contribution is -0.161. The molecule has 1 aromatic heterocycles. The molecule has 0 radical (unpaired) electrons. The zero-order valence-corrected chi connectivity index (χ0v) is 14.9. The summed E-state index contributed by atoms with van der Waals surface area (Å²) in [6, 6.07) is 9.38. The number of pyridine rings is 1. The van der Waals surface area contributed by atoms with E-state index in [1.807, 2.05) is 37.3 Å². The van der Waals surface area contributed by atoms with Crippen LogP contribution in [0.15, 0.2) is 35.1 Å². The van der Waals surface area contributed by atoms with Crippen LogP contribution in [0.1, 0.15) is 36.6 Å². The van der Waals surface area contributed by atoms with Gasteiger partial charge in [-0.2, -0.15) is 0 Å². The predicted octanol–water partition coefficient (Wildman–Crippen LogP) is 2.54. The van der Waals surface area contributed by atoms with E-state index in [1.165, 1.54) is 0 Å². The number of rotatable bonds is 5. The van der Waals surface area contributed by atoms with Gasteiger partial charge in [-0.15, -0.1) is 0 Å². The van der Waals surface area contributed by atoms with Gasteiger partial charge in [0.05, 0.1) is 13.7 Å². The molecule has 136 valence electrons. The molecule has 0 bridgehead atoms. The Balaban J connectivity index is 1.69. The summed E-state index contributed by atoms with van der Waals surface area (Å²) in [5.74, 6) is 0.371. The van der Waals surface area contributed by atoms with Crippen molar-refractivity contribution in [3.05, 3.63) is 57.5 Å². The van der Waals surface area contributed by atoms with Gasteiger partial charge in [-0.3, -0.25) is 4.79 Å². The molecule has 0 saturated carbocycles. The number of carbonyl (C=O) groups excluding carboxylic acids is 1. The monoisotopic (exact) mass is 355 g/mol. The van der Waals surface area contributed by atoms with Gasteiger partial charge in [0.15, 0.2) is 5.60 Å². The summed E-state index contributed by atoms with van der Waals surface area (Å²) >= 11 is 0. The number of aromatic nitrogens is 1. The van der Waals surface area contributed by atoms with Gasteiger partial charge < -0.3 is 18.8 Å².